The van der Waals surface area contributed by atoms with Gasteiger partial charge < -0.3 is 5.11 Å². The van der Waals surface area contributed by atoms with Gasteiger partial charge in [0.2, 0.25) is 23.6 Å². The number of carbonyl (C=O) groups is 4. The first-order valence-electron chi connectivity index (χ1n) is 15.5. The molecule has 1 saturated carbocycles. The van der Waals surface area contributed by atoms with Crippen LogP contribution in [-0.2, 0) is 24.6 Å². The molecule has 2 saturated heterocycles. The van der Waals surface area contributed by atoms with Crippen LogP contribution in [0.5, 0.6) is 5.75 Å². The number of fused-ring (bicyclic) bond motifs is 4. The van der Waals surface area contributed by atoms with Crippen LogP contribution in [-0.4, -0.2) is 28.7 Å². The summed E-state index contributed by atoms with van der Waals surface area (Å²) in [4.78, 5) is 60.6. The molecule has 2 aliphatic carbocycles. The van der Waals surface area contributed by atoms with E-state index in [1.54, 1.807) is 66.7 Å². The van der Waals surface area contributed by atoms with Crippen LogP contribution in [0, 0.1) is 23.7 Å². The minimum absolute atomic E-state index is 0.0168. The van der Waals surface area contributed by atoms with Crippen molar-refractivity contribution in [1.29, 1.82) is 0 Å². The third kappa shape index (κ3) is 4.26. The van der Waals surface area contributed by atoms with Gasteiger partial charge in [0.1, 0.15) is 5.75 Å². The van der Waals surface area contributed by atoms with Crippen molar-refractivity contribution in [3.8, 4) is 5.75 Å². The highest BCUT2D eigenvalue weighted by Gasteiger charge is 2.70. The predicted molar refractivity (Wildman–Crippen MR) is 178 cm³/mol. The number of imide groups is 2. The summed E-state index contributed by atoms with van der Waals surface area (Å²) in [5.41, 5.74) is 1.55. The number of anilines is 2. The maximum atomic E-state index is 15.2. The van der Waals surface area contributed by atoms with Gasteiger partial charge in [-0.25, -0.2) is 4.90 Å². The first-order valence-corrected chi connectivity index (χ1v) is 16.3. The molecule has 4 amide bonds. The molecule has 4 aliphatic rings. The van der Waals surface area contributed by atoms with E-state index in [0.717, 1.165) is 5.57 Å². The standard InChI is InChI=1S/C38H28Cl2N2O5/c39-23-12-14-25(15-13-23)41-34(44)29-17-16-28-30(32(29)36(41)46)20-31-35(45)42(26-10-5-9-24(40)19-26)37(47)38(31,22-7-2-1-3-8-22)33(28)21-6-4-11-27(43)18-21/h1-16,18-19,29-33,43H,17,20H2/t29-,30+,31-,32-,33-,38+/m0/s1. The van der Waals surface area contributed by atoms with Crippen LogP contribution in [0.2, 0.25) is 10.0 Å². The number of allylic oxidation sites excluding steroid dienone is 2. The minimum Gasteiger partial charge on any atom is -0.508 e. The lowest BCUT2D eigenvalue weighted by molar-refractivity contribution is -0.127. The fourth-order valence-corrected chi connectivity index (χ4v) is 8.98. The molecule has 9 heteroatoms. The number of nitrogens with zero attached hydrogens (tertiary/aromatic N) is 2. The van der Waals surface area contributed by atoms with Crippen LogP contribution in [0.3, 0.4) is 0 Å². The number of amides is 4. The summed E-state index contributed by atoms with van der Waals surface area (Å²) >= 11 is 12.5. The summed E-state index contributed by atoms with van der Waals surface area (Å²) in [5, 5.41) is 11.6. The van der Waals surface area contributed by atoms with Crippen molar-refractivity contribution in [3.63, 3.8) is 0 Å². The normalized spacial score (nSPS) is 28.2. The molecule has 47 heavy (non-hydrogen) atoms. The second kappa shape index (κ2) is 10.9. The Bertz CT molecular complexity index is 2010. The summed E-state index contributed by atoms with van der Waals surface area (Å²) in [6, 6.07) is 29.3. The molecule has 0 radical (unpaired) electrons. The van der Waals surface area contributed by atoms with E-state index in [2.05, 4.69) is 0 Å². The zero-order valence-electron chi connectivity index (χ0n) is 24.9. The maximum Gasteiger partial charge on any atom is 0.246 e. The molecule has 0 unspecified atom stereocenters. The van der Waals surface area contributed by atoms with Gasteiger partial charge in [-0.2, -0.15) is 0 Å². The van der Waals surface area contributed by atoms with E-state index in [1.807, 2.05) is 42.5 Å². The molecule has 2 aliphatic heterocycles. The fraction of sp³-hybridized carbons (Fsp3) is 0.211. The lowest BCUT2D eigenvalue weighted by Gasteiger charge is -2.50. The smallest absolute Gasteiger partial charge is 0.246 e. The summed E-state index contributed by atoms with van der Waals surface area (Å²) in [6.07, 6.45) is 2.49. The molecule has 4 aromatic rings. The van der Waals surface area contributed by atoms with Crippen LogP contribution < -0.4 is 9.80 Å². The fourth-order valence-electron chi connectivity index (χ4n) is 8.67. The molecular weight excluding hydrogens is 635 g/mol. The minimum atomic E-state index is -1.40. The Balaban J connectivity index is 1.34. The van der Waals surface area contributed by atoms with Crippen molar-refractivity contribution in [1.82, 2.24) is 0 Å². The van der Waals surface area contributed by atoms with E-state index in [1.165, 1.54) is 9.80 Å². The van der Waals surface area contributed by atoms with Crippen molar-refractivity contribution >= 4 is 58.2 Å². The number of benzene rings is 4. The molecule has 234 valence electrons. The Kier molecular flexibility index (Phi) is 6.90. The quantitative estimate of drug-likeness (QED) is 0.186. The van der Waals surface area contributed by atoms with E-state index in [-0.39, 0.29) is 24.0 Å². The van der Waals surface area contributed by atoms with Crippen LogP contribution in [0.15, 0.2) is 115 Å². The Morgan fingerprint density at radius 1 is 0.681 bits per heavy atom. The van der Waals surface area contributed by atoms with Gasteiger partial charge >= 0.3 is 0 Å². The molecule has 8 rings (SSSR count). The van der Waals surface area contributed by atoms with Crippen molar-refractivity contribution in [2.45, 2.75) is 24.2 Å². The van der Waals surface area contributed by atoms with Gasteiger partial charge in [0.25, 0.3) is 0 Å². The van der Waals surface area contributed by atoms with Gasteiger partial charge in [0.15, 0.2) is 0 Å². The average molecular weight is 664 g/mol. The Morgan fingerprint density at radius 3 is 2.15 bits per heavy atom. The third-order valence-electron chi connectivity index (χ3n) is 10.5. The molecule has 0 aromatic heterocycles. The second-order valence-electron chi connectivity index (χ2n) is 12.7. The highest BCUT2D eigenvalue weighted by molar-refractivity contribution is 6.32. The number of phenolic OH excluding ortho intramolecular Hbond substituents is 1. The zero-order valence-corrected chi connectivity index (χ0v) is 26.4. The van der Waals surface area contributed by atoms with Gasteiger partial charge in [0, 0.05) is 16.0 Å². The zero-order chi connectivity index (χ0) is 32.6. The number of carbonyl (C=O) groups excluding carboxylic acids is 4. The van der Waals surface area contributed by atoms with Crippen LogP contribution in [0.4, 0.5) is 11.4 Å². The number of rotatable bonds is 4. The number of hydrogen-bond donors (Lipinski definition) is 1. The monoisotopic (exact) mass is 662 g/mol. The van der Waals surface area contributed by atoms with E-state index in [0.29, 0.717) is 39.0 Å². The van der Waals surface area contributed by atoms with Crippen molar-refractivity contribution in [3.05, 3.63) is 136 Å². The van der Waals surface area contributed by atoms with Gasteiger partial charge in [-0.1, -0.05) is 83.4 Å². The molecule has 2 heterocycles. The molecule has 3 fully saturated rings. The van der Waals surface area contributed by atoms with Crippen LogP contribution in [0.1, 0.15) is 29.9 Å². The van der Waals surface area contributed by atoms with Gasteiger partial charge in [-0.15, -0.1) is 0 Å². The van der Waals surface area contributed by atoms with E-state index in [4.69, 9.17) is 23.2 Å². The maximum absolute atomic E-state index is 15.2. The molecule has 7 nitrogen and oxygen atoms in total. The first kappa shape index (κ1) is 29.7. The van der Waals surface area contributed by atoms with E-state index >= 15 is 4.79 Å². The topological polar surface area (TPSA) is 95.0 Å². The highest BCUT2D eigenvalue weighted by atomic mass is 35.5. The lowest BCUT2D eigenvalue weighted by Crippen LogP contribution is -2.53. The summed E-state index contributed by atoms with van der Waals surface area (Å²) < 4.78 is 0. The molecule has 1 N–H and O–H groups in total. The summed E-state index contributed by atoms with van der Waals surface area (Å²) in [6.45, 7) is 0. The largest absolute Gasteiger partial charge is 0.508 e. The number of halogens is 2. The molecule has 6 atom stereocenters. The number of phenols is 1. The summed E-state index contributed by atoms with van der Waals surface area (Å²) in [7, 11) is 0. The van der Waals surface area contributed by atoms with Crippen LogP contribution >= 0.6 is 23.2 Å². The van der Waals surface area contributed by atoms with Crippen molar-refractivity contribution < 1.29 is 24.3 Å². The lowest BCUT2D eigenvalue weighted by atomic mass is 9.49. The Hall–Kier alpha value is -4.72. The van der Waals surface area contributed by atoms with Crippen molar-refractivity contribution in [2.75, 3.05) is 9.80 Å². The van der Waals surface area contributed by atoms with E-state index < -0.39 is 46.8 Å². The highest BCUT2D eigenvalue weighted by Crippen LogP contribution is 2.64. The number of hydrogen-bond acceptors (Lipinski definition) is 5. The van der Waals surface area contributed by atoms with Gasteiger partial charge in [-0.05, 0) is 84.5 Å². The number of aromatic hydroxyl groups is 1. The predicted octanol–water partition coefficient (Wildman–Crippen LogP) is 7.07. The van der Waals surface area contributed by atoms with E-state index in [9.17, 15) is 19.5 Å². The Labute approximate surface area is 281 Å². The van der Waals surface area contributed by atoms with Crippen molar-refractivity contribution in [2.24, 2.45) is 23.7 Å². The SMILES string of the molecule is O=C1[C@H]2[C@H](CC=C3[C@H]2C[C@H]2C(=O)N(c4cccc(Cl)c4)C(=O)[C@@]2(c2ccccc2)[C@H]3c2cccc(O)c2)C(=O)N1c1ccc(Cl)cc1. The van der Waals surface area contributed by atoms with Gasteiger partial charge in [0.05, 0.1) is 34.5 Å². The molecular formula is C38H28Cl2N2O5. The molecule has 0 bridgehead atoms. The first-order chi connectivity index (χ1) is 22.7. The molecule has 4 aromatic carbocycles. The Morgan fingerprint density at radius 2 is 1.43 bits per heavy atom. The van der Waals surface area contributed by atoms with Gasteiger partial charge in [-0.3, -0.25) is 24.1 Å². The summed E-state index contributed by atoms with van der Waals surface area (Å²) in [5.74, 6) is -4.83. The van der Waals surface area contributed by atoms with Crippen LogP contribution in [0.25, 0.3) is 0 Å². The molecule has 0 spiro atoms. The average Bonchev–Trinajstić information content (AvgIpc) is 3.46. The third-order valence-corrected chi connectivity index (χ3v) is 10.9. The second-order valence-corrected chi connectivity index (χ2v) is 13.5.